The molecule has 0 radical (unpaired) electrons. The minimum Gasteiger partial charge on any atom is -0.496 e. The van der Waals surface area contributed by atoms with Crippen LogP contribution in [0, 0.1) is 18.6 Å². The summed E-state index contributed by atoms with van der Waals surface area (Å²) in [6.07, 6.45) is -0.876. The molecule has 0 saturated carbocycles. The van der Waals surface area contributed by atoms with Crippen molar-refractivity contribution in [1.29, 1.82) is 0 Å². The number of pyridine rings is 1. The van der Waals surface area contributed by atoms with Gasteiger partial charge in [-0.3, -0.25) is 0 Å². The number of carbonyl (C=O) groups excluding carboxylic acids is 1. The lowest BCUT2D eigenvalue weighted by Crippen LogP contribution is -2.10. The molecule has 1 aromatic carbocycles. The van der Waals surface area contributed by atoms with Crippen LogP contribution in [0.1, 0.15) is 18.2 Å². The van der Waals surface area contributed by atoms with Crippen molar-refractivity contribution in [2.45, 2.75) is 20.5 Å². The summed E-state index contributed by atoms with van der Waals surface area (Å²) in [6, 6.07) is 6.66. The van der Waals surface area contributed by atoms with Crippen LogP contribution in [0.4, 0.5) is 13.6 Å². The zero-order chi connectivity index (χ0) is 20.3. The van der Waals surface area contributed by atoms with Gasteiger partial charge in [0.25, 0.3) is 0 Å². The van der Waals surface area contributed by atoms with Crippen molar-refractivity contribution in [2.24, 2.45) is 0 Å². The van der Waals surface area contributed by atoms with Crippen molar-refractivity contribution >= 4 is 11.7 Å². The van der Waals surface area contributed by atoms with Gasteiger partial charge in [-0.25, -0.2) is 13.6 Å². The first-order chi connectivity index (χ1) is 13.4. The van der Waals surface area contributed by atoms with Crippen LogP contribution in [0.25, 0.3) is 5.52 Å². The van der Waals surface area contributed by atoms with E-state index in [-0.39, 0.29) is 30.4 Å². The minimum absolute atomic E-state index is 0.152. The second-order valence-electron chi connectivity index (χ2n) is 5.72. The van der Waals surface area contributed by atoms with Gasteiger partial charge in [0.1, 0.15) is 35.2 Å². The van der Waals surface area contributed by atoms with Crippen LogP contribution in [0.15, 0.2) is 30.3 Å². The normalized spacial score (nSPS) is 10.8. The van der Waals surface area contributed by atoms with E-state index in [9.17, 15) is 13.6 Å². The Kier molecular flexibility index (Phi) is 5.62. The maximum Gasteiger partial charge on any atom is 0.513 e. The van der Waals surface area contributed by atoms with E-state index in [1.165, 1.54) is 23.8 Å². The summed E-state index contributed by atoms with van der Waals surface area (Å²) in [5.41, 5.74) is 0.544. The van der Waals surface area contributed by atoms with E-state index < -0.39 is 17.8 Å². The van der Waals surface area contributed by atoms with E-state index in [2.05, 4.69) is 5.10 Å². The van der Waals surface area contributed by atoms with Crippen LogP contribution in [0.5, 0.6) is 17.4 Å². The molecule has 3 rings (SSSR count). The number of methoxy groups -OCH3 is 1. The maximum atomic E-state index is 13.9. The number of nitrogens with zero attached hydrogens (tertiary/aromatic N) is 2. The Balaban J connectivity index is 1.99. The molecule has 7 nitrogen and oxygen atoms in total. The summed E-state index contributed by atoms with van der Waals surface area (Å²) < 4.78 is 49.9. The lowest BCUT2D eigenvalue weighted by Gasteiger charge is -2.11. The van der Waals surface area contributed by atoms with Gasteiger partial charge in [0, 0.05) is 12.1 Å². The third kappa shape index (κ3) is 3.83. The number of aromatic nitrogens is 2. The number of aryl methyl sites for hydroxylation is 1. The van der Waals surface area contributed by atoms with Gasteiger partial charge in [0.05, 0.1) is 19.3 Å². The Morgan fingerprint density at radius 2 is 1.93 bits per heavy atom. The predicted octanol–water partition coefficient (Wildman–Crippen LogP) is 4.04. The van der Waals surface area contributed by atoms with Crippen molar-refractivity contribution in [1.82, 2.24) is 9.61 Å². The van der Waals surface area contributed by atoms with Gasteiger partial charge in [0.15, 0.2) is 5.75 Å². The molecular formula is C19H18F2N2O5. The number of fused-ring (bicyclic) bond motifs is 1. The largest absolute Gasteiger partial charge is 0.513 e. The minimum atomic E-state index is -0.876. The van der Waals surface area contributed by atoms with Crippen molar-refractivity contribution < 1.29 is 32.5 Å². The van der Waals surface area contributed by atoms with Crippen molar-refractivity contribution in [2.75, 3.05) is 13.7 Å². The van der Waals surface area contributed by atoms with Gasteiger partial charge in [-0.2, -0.15) is 9.61 Å². The zero-order valence-corrected chi connectivity index (χ0v) is 15.5. The van der Waals surface area contributed by atoms with Crippen molar-refractivity contribution in [3.63, 3.8) is 0 Å². The molecule has 2 heterocycles. The highest BCUT2D eigenvalue weighted by Crippen LogP contribution is 2.32. The summed E-state index contributed by atoms with van der Waals surface area (Å²) in [6.45, 7) is 3.08. The molecule has 0 aliphatic heterocycles. The fraction of sp³-hybridized carbons (Fsp3) is 0.263. The van der Waals surface area contributed by atoms with E-state index in [0.29, 0.717) is 17.0 Å². The lowest BCUT2D eigenvalue weighted by atomic mass is 10.2. The summed E-state index contributed by atoms with van der Waals surface area (Å²) >= 11 is 0. The average Bonchev–Trinajstić information content (AvgIpc) is 2.97. The van der Waals surface area contributed by atoms with Gasteiger partial charge < -0.3 is 18.9 Å². The highest BCUT2D eigenvalue weighted by Gasteiger charge is 2.20. The van der Waals surface area contributed by atoms with Crippen molar-refractivity contribution in [3.05, 3.63) is 53.2 Å². The molecular weight excluding hydrogens is 374 g/mol. The van der Waals surface area contributed by atoms with E-state index >= 15 is 0 Å². The Labute approximate surface area is 159 Å². The molecule has 9 heteroatoms. The quantitative estimate of drug-likeness (QED) is 0.590. The van der Waals surface area contributed by atoms with Gasteiger partial charge in [0.2, 0.25) is 5.88 Å². The van der Waals surface area contributed by atoms with Gasteiger partial charge >= 0.3 is 6.16 Å². The Morgan fingerprint density at radius 3 is 2.57 bits per heavy atom. The Hall–Kier alpha value is -3.36. The molecule has 28 heavy (non-hydrogen) atoms. The number of ether oxygens (including phenoxy) is 4. The van der Waals surface area contributed by atoms with E-state index in [1.807, 2.05) is 0 Å². The predicted molar refractivity (Wildman–Crippen MR) is 94.8 cm³/mol. The Bertz CT molecular complexity index is 999. The summed E-state index contributed by atoms with van der Waals surface area (Å²) in [5, 5.41) is 4.27. The highest BCUT2D eigenvalue weighted by atomic mass is 19.1. The molecule has 148 valence electrons. The molecule has 0 atom stereocenters. The first-order valence-corrected chi connectivity index (χ1v) is 8.42. The number of carbonyl (C=O) groups is 1. The van der Waals surface area contributed by atoms with Gasteiger partial charge in [-0.15, -0.1) is 0 Å². The third-order valence-electron chi connectivity index (χ3n) is 3.90. The van der Waals surface area contributed by atoms with Gasteiger partial charge in [-0.1, -0.05) is 6.07 Å². The smallest absolute Gasteiger partial charge is 0.496 e. The molecule has 0 spiro atoms. The zero-order valence-electron chi connectivity index (χ0n) is 15.5. The molecule has 0 aliphatic rings. The standard InChI is InChI=1S/C19H18F2N2O5/c1-4-26-19(24)28-18-11(2)22-23-16(18)8-12(25-3)9-17(23)27-10-13-14(20)6-5-7-15(13)21/h5-9H,4,10H2,1-3H3. The van der Waals surface area contributed by atoms with E-state index in [1.54, 1.807) is 19.9 Å². The second-order valence-corrected chi connectivity index (χ2v) is 5.72. The van der Waals surface area contributed by atoms with Crippen LogP contribution < -0.4 is 14.2 Å². The highest BCUT2D eigenvalue weighted by molar-refractivity contribution is 5.73. The molecule has 0 unspecified atom stereocenters. The SMILES string of the molecule is CCOC(=O)Oc1c(C)nn2c(OCc3c(F)cccc3F)cc(OC)cc12. The molecule has 0 amide bonds. The number of hydrogen-bond acceptors (Lipinski definition) is 6. The monoisotopic (exact) mass is 392 g/mol. The average molecular weight is 392 g/mol. The van der Waals surface area contributed by atoms with Crippen molar-refractivity contribution in [3.8, 4) is 17.4 Å². The van der Waals surface area contributed by atoms with Crippen LogP contribution in [0.2, 0.25) is 0 Å². The van der Waals surface area contributed by atoms with Crippen LogP contribution in [0.3, 0.4) is 0 Å². The van der Waals surface area contributed by atoms with Crippen LogP contribution >= 0.6 is 0 Å². The van der Waals surface area contributed by atoms with E-state index in [4.69, 9.17) is 18.9 Å². The number of benzene rings is 1. The molecule has 0 fully saturated rings. The van der Waals surface area contributed by atoms with Crippen LogP contribution in [-0.4, -0.2) is 29.5 Å². The molecule has 0 saturated heterocycles. The lowest BCUT2D eigenvalue weighted by molar-refractivity contribution is 0.104. The van der Waals surface area contributed by atoms with Crippen LogP contribution in [-0.2, 0) is 11.3 Å². The Morgan fingerprint density at radius 1 is 1.21 bits per heavy atom. The maximum absolute atomic E-state index is 13.9. The molecule has 2 aromatic heterocycles. The molecule has 0 N–H and O–H groups in total. The topological polar surface area (TPSA) is 71.3 Å². The van der Waals surface area contributed by atoms with E-state index in [0.717, 1.165) is 12.1 Å². The third-order valence-corrected chi connectivity index (χ3v) is 3.90. The summed E-state index contributed by atoms with van der Waals surface area (Å²) in [7, 11) is 1.45. The fourth-order valence-electron chi connectivity index (χ4n) is 2.58. The molecule has 3 aromatic rings. The summed E-state index contributed by atoms with van der Waals surface area (Å²) in [5.74, 6) is -0.743. The number of rotatable bonds is 6. The molecule has 0 bridgehead atoms. The number of hydrogen-bond donors (Lipinski definition) is 0. The summed E-state index contributed by atoms with van der Waals surface area (Å²) in [4.78, 5) is 11.7. The number of halogens is 2. The fourth-order valence-corrected chi connectivity index (χ4v) is 2.58. The first-order valence-electron chi connectivity index (χ1n) is 8.42. The molecule has 0 aliphatic carbocycles. The second kappa shape index (κ2) is 8.12. The van der Waals surface area contributed by atoms with Gasteiger partial charge in [-0.05, 0) is 26.0 Å². The first kappa shape index (κ1) is 19.4.